The van der Waals surface area contributed by atoms with Gasteiger partial charge in [0, 0.05) is 25.0 Å². The number of nitrogen functional groups attached to an aromatic ring is 1. The fourth-order valence-corrected chi connectivity index (χ4v) is 5.20. The lowest BCUT2D eigenvalue weighted by Gasteiger charge is -2.08. The average Bonchev–Trinajstić information content (AvgIpc) is 3.38. The number of nitrogens with one attached hydrogen (secondary N) is 2. The van der Waals surface area contributed by atoms with Crippen molar-refractivity contribution in [1.82, 2.24) is 8.69 Å². The van der Waals surface area contributed by atoms with Crippen LogP contribution in [-0.2, 0) is 31.4 Å². The molecule has 196 valence electrons. The third-order valence-corrected chi connectivity index (χ3v) is 7.91. The molecule has 9 nitrogen and oxygen atoms in total. The molecule has 4 rings (SSSR count). The van der Waals surface area contributed by atoms with Crippen LogP contribution in [0.15, 0.2) is 102 Å². The summed E-state index contributed by atoms with van der Waals surface area (Å²) in [6.07, 6.45) is 6.76. The third kappa shape index (κ3) is 6.76. The topological polar surface area (TPSA) is 140 Å². The van der Waals surface area contributed by atoms with Gasteiger partial charge in [-0.3, -0.25) is 4.79 Å². The Kier molecular flexibility index (Phi) is 7.81. The van der Waals surface area contributed by atoms with E-state index in [4.69, 9.17) is 5.73 Å². The first-order valence-corrected chi connectivity index (χ1v) is 14.8. The normalized spacial score (nSPS) is 12.0. The zero-order valence-corrected chi connectivity index (χ0v) is 22.0. The van der Waals surface area contributed by atoms with E-state index in [0.717, 1.165) is 26.9 Å². The Morgan fingerprint density at radius 3 is 2.16 bits per heavy atom. The molecule has 38 heavy (non-hydrogen) atoms. The molecule has 0 saturated carbocycles. The van der Waals surface area contributed by atoms with E-state index < -0.39 is 26.0 Å². The highest BCUT2D eigenvalue weighted by Gasteiger charge is 2.16. The molecule has 1 amide bonds. The van der Waals surface area contributed by atoms with Gasteiger partial charge in [0.2, 0.25) is 15.9 Å². The van der Waals surface area contributed by atoms with Gasteiger partial charge < -0.3 is 11.1 Å². The van der Waals surface area contributed by atoms with E-state index in [1.165, 1.54) is 36.7 Å². The standard InChI is InChI=1S/C27H26N4O5S2/c1-37(33,34)29-18-20-6-9-22(10-7-20)23-11-13-24(14-12-23)38(35,36)31-17-16-21(19-31)8-15-27(32)30-26-5-3-2-4-25(26)28/h2-17,19,29H,18,28H2,1H3,(H,30,32). The molecule has 0 saturated heterocycles. The predicted molar refractivity (Wildman–Crippen MR) is 149 cm³/mol. The largest absolute Gasteiger partial charge is 0.397 e. The zero-order chi connectivity index (χ0) is 27.3. The maximum absolute atomic E-state index is 13.1. The number of benzene rings is 3. The predicted octanol–water partition coefficient (Wildman–Crippen LogP) is 3.68. The van der Waals surface area contributed by atoms with Crippen LogP contribution in [0.4, 0.5) is 11.4 Å². The van der Waals surface area contributed by atoms with E-state index in [1.807, 2.05) is 24.3 Å². The number of hydrogen-bond donors (Lipinski definition) is 3. The van der Waals surface area contributed by atoms with Crippen LogP contribution in [0.1, 0.15) is 11.1 Å². The van der Waals surface area contributed by atoms with Crippen molar-refractivity contribution in [2.45, 2.75) is 11.4 Å². The fraction of sp³-hybridized carbons (Fsp3) is 0.0741. The number of nitrogens with two attached hydrogens (primary N) is 1. The maximum atomic E-state index is 13.1. The van der Waals surface area contributed by atoms with Crippen molar-refractivity contribution in [3.8, 4) is 11.1 Å². The number of hydrogen-bond acceptors (Lipinski definition) is 6. The lowest BCUT2D eigenvalue weighted by molar-refractivity contribution is -0.111. The molecule has 3 aromatic carbocycles. The summed E-state index contributed by atoms with van der Waals surface area (Å²) in [5.74, 6) is -0.395. The molecule has 1 heterocycles. The third-order valence-electron chi connectivity index (χ3n) is 5.59. The first kappa shape index (κ1) is 26.9. The van der Waals surface area contributed by atoms with E-state index >= 15 is 0 Å². The summed E-state index contributed by atoms with van der Waals surface area (Å²) in [6, 6.07) is 22.2. The molecule has 0 spiro atoms. The van der Waals surface area contributed by atoms with Gasteiger partial charge in [-0.25, -0.2) is 25.5 Å². The van der Waals surface area contributed by atoms with Gasteiger partial charge in [-0.1, -0.05) is 48.5 Å². The summed E-state index contributed by atoms with van der Waals surface area (Å²) in [5.41, 5.74) is 9.77. The molecular weight excluding hydrogens is 524 g/mol. The number of anilines is 2. The number of sulfonamides is 1. The van der Waals surface area contributed by atoms with Crippen molar-refractivity contribution in [3.63, 3.8) is 0 Å². The lowest BCUT2D eigenvalue weighted by Crippen LogP contribution is -2.21. The maximum Gasteiger partial charge on any atom is 0.267 e. The first-order chi connectivity index (χ1) is 18.0. The SMILES string of the molecule is CS(=O)(=O)NCc1ccc(-c2ccc(S(=O)(=O)n3ccc(C=CC(=O)Nc4ccccc4N)c3)cc2)cc1. The number of nitrogens with zero attached hydrogens (tertiary/aromatic N) is 1. The molecule has 0 aliphatic carbocycles. The van der Waals surface area contributed by atoms with E-state index in [-0.39, 0.29) is 11.4 Å². The van der Waals surface area contributed by atoms with Crippen LogP contribution in [0, 0.1) is 0 Å². The quantitative estimate of drug-likeness (QED) is 0.215. The van der Waals surface area contributed by atoms with Crippen LogP contribution in [0.2, 0.25) is 0 Å². The molecule has 1 aromatic heterocycles. The zero-order valence-electron chi connectivity index (χ0n) is 20.4. The fourth-order valence-electron chi connectivity index (χ4n) is 3.57. The minimum Gasteiger partial charge on any atom is -0.397 e. The molecule has 4 N–H and O–H groups in total. The second kappa shape index (κ2) is 11.1. The number of carbonyl (C=O) groups is 1. The molecule has 0 fully saturated rings. The minimum absolute atomic E-state index is 0.110. The van der Waals surface area contributed by atoms with Gasteiger partial charge >= 0.3 is 0 Å². The second-order valence-electron chi connectivity index (χ2n) is 8.50. The van der Waals surface area contributed by atoms with Gasteiger partial charge in [0.1, 0.15) is 0 Å². The van der Waals surface area contributed by atoms with E-state index in [1.54, 1.807) is 42.5 Å². The Morgan fingerprint density at radius 1 is 0.895 bits per heavy atom. The Bertz CT molecular complexity index is 1690. The Morgan fingerprint density at radius 2 is 1.53 bits per heavy atom. The van der Waals surface area contributed by atoms with Crippen molar-refractivity contribution in [2.75, 3.05) is 17.3 Å². The van der Waals surface area contributed by atoms with Crippen LogP contribution in [0.25, 0.3) is 17.2 Å². The lowest BCUT2D eigenvalue weighted by atomic mass is 10.0. The molecule has 0 aliphatic heterocycles. The molecule has 0 unspecified atom stereocenters. The van der Waals surface area contributed by atoms with Crippen LogP contribution >= 0.6 is 0 Å². The van der Waals surface area contributed by atoms with Crippen LogP contribution in [0.3, 0.4) is 0 Å². The Balaban J connectivity index is 1.43. The van der Waals surface area contributed by atoms with Gasteiger partial charge in [-0.2, -0.15) is 0 Å². The molecule has 0 radical (unpaired) electrons. The van der Waals surface area contributed by atoms with Gasteiger partial charge in [0.25, 0.3) is 10.0 Å². The van der Waals surface area contributed by atoms with E-state index in [0.29, 0.717) is 16.9 Å². The molecule has 11 heteroatoms. The summed E-state index contributed by atoms with van der Waals surface area (Å²) >= 11 is 0. The van der Waals surface area contributed by atoms with Gasteiger partial charge in [0.05, 0.1) is 22.5 Å². The molecule has 0 bridgehead atoms. The van der Waals surface area contributed by atoms with Crippen LogP contribution in [-0.4, -0.2) is 33.0 Å². The molecule has 0 atom stereocenters. The van der Waals surface area contributed by atoms with Crippen molar-refractivity contribution in [3.05, 3.63) is 108 Å². The number of rotatable bonds is 9. The van der Waals surface area contributed by atoms with Crippen LogP contribution < -0.4 is 15.8 Å². The minimum atomic E-state index is -3.84. The smallest absolute Gasteiger partial charge is 0.267 e. The highest BCUT2D eigenvalue weighted by atomic mass is 32.2. The van der Waals surface area contributed by atoms with Crippen molar-refractivity contribution >= 4 is 43.4 Å². The van der Waals surface area contributed by atoms with Gasteiger partial charge in [-0.05, 0) is 58.7 Å². The van der Waals surface area contributed by atoms with Crippen molar-refractivity contribution in [1.29, 1.82) is 0 Å². The van der Waals surface area contributed by atoms with Crippen molar-refractivity contribution < 1.29 is 21.6 Å². The van der Waals surface area contributed by atoms with E-state index in [2.05, 4.69) is 10.0 Å². The average molecular weight is 551 g/mol. The van der Waals surface area contributed by atoms with Crippen molar-refractivity contribution in [2.24, 2.45) is 0 Å². The monoisotopic (exact) mass is 550 g/mol. The summed E-state index contributed by atoms with van der Waals surface area (Å²) in [7, 11) is -7.12. The number of para-hydroxylation sites is 2. The summed E-state index contributed by atoms with van der Waals surface area (Å²) < 4.78 is 52.2. The number of amides is 1. The number of carbonyl (C=O) groups excluding carboxylic acids is 1. The summed E-state index contributed by atoms with van der Waals surface area (Å²) in [6.45, 7) is 0.191. The highest BCUT2D eigenvalue weighted by Crippen LogP contribution is 2.24. The van der Waals surface area contributed by atoms with Crippen LogP contribution in [0.5, 0.6) is 0 Å². The van der Waals surface area contributed by atoms with Gasteiger partial charge in [-0.15, -0.1) is 0 Å². The Hall–Kier alpha value is -4.19. The van der Waals surface area contributed by atoms with E-state index in [9.17, 15) is 21.6 Å². The Labute approximate surface area is 221 Å². The molecule has 4 aromatic rings. The molecule has 0 aliphatic rings. The van der Waals surface area contributed by atoms with Gasteiger partial charge in [0.15, 0.2) is 0 Å². The second-order valence-corrected chi connectivity index (χ2v) is 12.2. The number of aromatic nitrogens is 1. The summed E-state index contributed by atoms with van der Waals surface area (Å²) in [5, 5.41) is 2.67. The molecular formula is C27H26N4O5S2. The highest BCUT2D eigenvalue weighted by molar-refractivity contribution is 7.90. The summed E-state index contributed by atoms with van der Waals surface area (Å²) in [4.78, 5) is 12.3. The first-order valence-electron chi connectivity index (χ1n) is 11.4.